The van der Waals surface area contributed by atoms with E-state index in [9.17, 15) is 0 Å². The quantitative estimate of drug-likeness (QED) is 0.361. The summed E-state index contributed by atoms with van der Waals surface area (Å²) in [7, 11) is 0. The second-order valence-electron chi connectivity index (χ2n) is 2.64. The second kappa shape index (κ2) is 12.4. The standard InChI is InChI=1S/C10H14N2S2/c11-9-13-7-5-3-1-2-4-6-8-14-10-12/h1-2H,3-8H2/b2-1+. The first-order valence-electron chi connectivity index (χ1n) is 4.58. The molecule has 0 N–H and O–H groups in total. The van der Waals surface area contributed by atoms with Crippen molar-refractivity contribution >= 4 is 23.5 Å². The molecule has 0 fully saturated rings. The van der Waals surface area contributed by atoms with Gasteiger partial charge in [0.15, 0.2) is 0 Å². The number of nitriles is 2. The number of unbranched alkanes of at least 4 members (excludes halogenated alkanes) is 2. The van der Waals surface area contributed by atoms with Crippen molar-refractivity contribution in [2.75, 3.05) is 11.5 Å². The van der Waals surface area contributed by atoms with Gasteiger partial charge in [-0.1, -0.05) is 12.2 Å². The molecule has 0 rings (SSSR count). The average Bonchev–Trinajstić information content (AvgIpc) is 2.21. The van der Waals surface area contributed by atoms with Gasteiger partial charge in [0.1, 0.15) is 10.8 Å². The van der Waals surface area contributed by atoms with Crippen LogP contribution in [0.25, 0.3) is 0 Å². The maximum atomic E-state index is 8.26. The second-order valence-corrected chi connectivity index (χ2v) is 4.39. The summed E-state index contributed by atoms with van der Waals surface area (Å²) in [4.78, 5) is 0. The molecule has 0 saturated heterocycles. The summed E-state index contributed by atoms with van der Waals surface area (Å²) >= 11 is 2.63. The molecular weight excluding hydrogens is 212 g/mol. The largest absolute Gasteiger partial charge is 0.185 e. The van der Waals surface area contributed by atoms with E-state index in [0.717, 1.165) is 37.2 Å². The lowest BCUT2D eigenvalue weighted by Gasteiger charge is -1.91. The number of nitrogens with zero attached hydrogens (tertiary/aromatic N) is 2. The molecule has 0 unspecified atom stereocenters. The topological polar surface area (TPSA) is 47.6 Å². The summed E-state index contributed by atoms with van der Waals surface area (Å²) in [6.45, 7) is 0. The number of allylic oxidation sites excluding steroid dienone is 2. The first kappa shape index (κ1) is 13.4. The summed E-state index contributed by atoms with van der Waals surface area (Å²) in [5.74, 6) is 1.84. The number of thioether (sulfide) groups is 2. The van der Waals surface area contributed by atoms with E-state index in [1.165, 1.54) is 23.5 Å². The maximum Gasteiger partial charge on any atom is 0.133 e. The van der Waals surface area contributed by atoms with Gasteiger partial charge >= 0.3 is 0 Å². The zero-order chi connectivity index (χ0) is 10.5. The summed E-state index contributed by atoms with van der Waals surface area (Å²) in [6, 6.07) is 0. The Morgan fingerprint density at radius 1 is 0.857 bits per heavy atom. The summed E-state index contributed by atoms with van der Waals surface area (Å²) < 4.78 is 0. The van der Waals surface area contributed by atoms with Crippen LogP contribution >= 0.6 is 23.5 Å². The van der Waals surface area contributed by atoms with Crippen LogP contribution in [0, 0.1) is 21.3 Å². The zero-order valence-corrected chi connectivity index (χ0v) is 9.74. The van der Waals surface area contributed by atoms with Gasteiger partial charge in [0.25, 0.3) is 0 Å². The molecule has 0 bridgehead atoms. The molecular formula is C10H14N2S2. The van der Waals surface area contributed by atoms with Gasteiger partial charge in [0, 0.05) is 11.5 Å². The maximum absolute atomic E-state index is 8.26. The Balaban J connectivity index is 3.05. The van der Waals surface area contributed by atoms with Gasteiger partial charge in [-0.05, 0) is 49.2 Å². The number of hydrogen-bond acceptors (Lipinski definition) is 4. The smallest absolute Gasteiger partial charge is 0.133 e. The third kappa shape index (κ3) is 11.4. The molecule has 0 aliphatic carbocycles. The fraction of sp³-hybridized carbons (Fsp3) is 0.600. The minimum Gasteiger partial charge on any atom is -0.185 e. The van der Waals surface area contributed by atoms with Crippen LogP contribution in [0.2, 0.25) is 0 Å². The molecule has 0 aromatic heterocycles. The van der Waals surface area contributed by atoms with Crippen molar-refractivity contribution in [2.24, 2.45) is 0 Å². The molecule has 0 atom stereocenters. The van der Waals surface area contributed by atoms with Gasteiger partial charge in [-0.25, -0.2) is 0 Å². The monoisotopic (exact) mass is 226 g/mol. The van der Waals surface area contributed by atoms with E-state index in [0.29, 0.717) is 0 Å². The van der Waals surface area contributed by atoms with Gasteiger partial charge in [-0.15, -0.1) is 0 Å². The van der Waals surface area contributed by atoms with Crippen LogP contribution in [0.3, 0.4) is 0 Å². The Morgan fingerprint density at radius 2 is 1.29 bits per heavy atom. The van der Waals surface area contributed by atoms with Crippen molar-refractivity contribution in [3.05, 3.63) is 12.2 Å². The van der Waals surface area contributed by atoms with Crippen LogP contribution in [-0.4, -0.2) is 11.5 Å². The SMILES string of the molecule is N#CSCCC/C=C/CCCSC#N. The van der Waals surface area contributed by atoms with E-state index < -0.39 is 0 Å². The van der Waals surface area contributed by atoms with Crippen LogP contribution < -0.4 is 0 Å². The lowest BCUT2D eigenvalue weighted by atomic mass is 10.2. The third-order valence-corrected chi connectivity index (χ3v) is 2.77. The van der Waals surface area contributed by atoms with Crippen LogP contribution in [0.15, 0.2) is 12.2 Å². The molecule has 0 saturated carbocycles. The fourth-order valence-electron chi connectivity index (χ4n) is 0.874. The van der Waals surface area contributed by atoms with Crippen LogP contribution in [0.1, 0.15) is 25.7 Å². The number of rotatable bonds is 8. The molecule has 0 aromatic carbocycles. The first-order valence-corrected chi connectivity index (χ1v) is 6.55. The Labute approximate surface area is 94.4 Å². The molecule has 0 aliphatic rings. The summed E-state index contributed by atoms with van der Waals surface area (Å²) in [6.07, 6.45) is 8.58. The van der Waals surface area contributed by atoms with Crippen LogP contribution in [0.4, 0.5) is 0 Å². The van der Waals surface area contributed by atoms with Crippen LogP contribution in [-0.2, 0) is 0 Å². The minimum absolute atomic E-state index is 0.922. The van der Waals surface area contributed by atoms with E-state index in [1.54, 1.807) is 0 Å². The van der Waals surface area contributed by atoms with Crippen molar-refractivity contribution < 1.29 is 0 Å². The highest BCUT2D eigenvalue weighted by molar-refractivity contribution is 8.03. The van der Waals surface area contributed by atoms with E-state index in [4.69, 9.17) is 10.5 Å². The van der Waals surface area contributed by atoms with Gasteiger partial charge in [0.05, 0.1) is 0 Å². The molecule has 0 amide bonds. The van der Waals surface area contributed by atoms with E-state index >= 15 is 0 Å². The summed E-state index contributed by atoms with van der Waals surface area (Å²) in [5, 5.41) is 20.6. The molecule has 0 radical (unpaired) electrons. The average molecular weight is 226 g/mol. The normalized spacial score (nSPS) is 9.86. The lowest BCUT2D eigenvalue weighted by Crippen LogP contribution is -1.77. The van der Waals surface area contributed by atoms with Gasteiger partial charge < -0.3 is 0 Å². The molecule has 0 spiro atoms. The Hall–Kier alpha value is -0.580. The van der Waals surface area contributed by atoms with E-state index in [2.05, 4.69) is 23.0 Å². The van der Waals surface area contributed by atoms with Crippen molar-refractivity contribution in [1.82, 2.24) is 0 Å². The van der Waals surface area contributed by atoms with Crippen LogP contribution in [0.5, 0.6) is 0 Å². The molecule has 0 heterocycles. The lowest BCUT2D eigenvalue weighted by molar-refractivity contribution is 0.935. The molecule has 0 aliphatic heterocycles. The molecule has 76 valence electrons. The van der Waals surface area contributed by atoms with Gasteiger partial charge in [-0.2, -0.15) is 10.5 Å². The van der Waals surface area contributed by atoms with Gasteiger partial charge in [-0.3, -0.25) is 0 Å². The Bertz CT molecular complexity index is 201. The molecule has 4 heteroatoms. The van der Waals surface area contributed by atoms with E-state index in [-0.39, 0.29) is 0 Å². The Morgan fingerprint density at radius 3 is 1.64 bits per heavy atom. The summed E-state index contributed by atoms with van der Waals surface area (Å²) in [5.41, 5.74) is 0. The predicted molar refractivity (Wildman–Crippen MR) is 63.8 cm³/mol. The predicted octanol–water partition coefficient (Wildman–Crippen LogP) is 3.53. The zero-order valence-electron chi connectivity index (χ0n) is 8.11. The molecule has 0 aromatic rings. The van der Waals surface area contributed by atoms with Crippen molar-refractivity contribution in [2.45, 2.75) is 25.7 Å². The Kier molecular flexibility index (Phi) is 11.9. The molecule has 2 nitrogen and oxygen atoms in total. The first-order chi connectivity index (χ1) is 6.91. The highest BCUT2D eigenvalue weighted by atomic mass is 32.2. The van der Waals surface area contributed by atoms with E-state index in [1.807, 2.05) is 0 Å². The minimum atomic E-state index is 0.922. The highest BCUT2D eigenvalue weighted by Crippen LogP contribution is 2.05. The fourth-order valence-corrected chi connectivity index (χ4v) is 1.68. The van der Waals surface area contributed by atoms with Crippen molar-refractivity contribution in [3.8, 4) is 10.8 Å². The van der Waals surface area contributed by atoms with Gasteiger partial charge in [0.2, 0.25) is 0 Å². The molecule has 14 heavy (non-hydrogen) atoms. The van der Waals surface area contributed by atoms with Crippen molar-refractivity contribution in [1.29, 1.82) is 10.5 Å². The van der Waals surface area contributed by atoms with Crippen molar-refractivity contribution in [3.63, 3.8) is 0 Å². The highest BCUT2D eigenvalue weighted by Gasteiger charge is 1.86. The number of hydrogen-bond donors (Lipinski definition) is 0. The third-order valence-electron chi connectivity index (χ3n) is 1.53. The number of thiocyanates is 2.